The van der Waals surface area contributed by atoms with Crippen molar-refractivity contribution in [3.05, 3.63) is 30.6 Å². The Bertz CT molecular complexity index is 73.7. The summed E-state index contributed by atoms with van der Waals surface area (Å²) in [6.45, 7) is 0. The number of hydrogen-bond acceptors (Lipinski definition) is 6. The second-order valence-corrected chi connectivity index (χ2v) is 0.447. The summed E-state index contributed by atoms with van der Waals surface area (Å²) in [7, 11) is 0. The van der Waals surface area contributed by atoms with E-state index < -0.39 is 10.2 Å². The summed E-state index contributed by atoms with van der Waals surface area (Å²) >= 11 is 0. The third-order valence-corrected chi connectivity index (χ3v) is 0. The standard InChI is InChI=1S/Cs.2NO3.Na/c;2*2-1(3)4;/q+1;2*-1;+1. The summed E-state index contributed by atoms with van der Waals surface area (Å²) in [5.74, 6) is 0. The molecular weight excluding hydrogens is 280 g/mol. The Morgan fingerprint density at radius 1 is 0.800 bits per heavy atom. The Morgan fingerprint density at radius 3 is 0.800 bits per heavy atom. The van der Waals surface area contributed by atoms with Gasteiger partial charge in [0.15, 0.2) is 0 Å². The molecule has 0 aliphatic heterocycles. The molecule has 8 nitrogen and oxygen atoms in total. The topological polar surface area (TPSA) is 132 Å². The van der Waals surface area contributed by atoms with Gasteiger partial charge in [-0.3, -0.25) is 0 Å². The van der Waals surface area contributed by atoms with Crippen LogP contribution in [0.1, 0.15) is 0 Å². The molecule has 0 unspecified atom stereocenters. The van der Waals surface area contributed by atoms with Gasteiger partial charge in [0.2, 0.25) is 0 Å². The van der Waals surface area contributed by atoms with Crippen molar-refractivity contribution in [2.24, 2.45) is 0 Å². The molecule has 0 saturated carbocycles. The van der Waals surface area contributed by atoms with E-state index in [0.717, 1.165) is 0 Å². The number of hydrogen-bond donors (Lipinski definition) is 0. The summed E-state index contributed by atoms with van der Waals surface area (Å²) in [6, 6.07) is 0. The zero-order valence-corrected chi connectivity index (χ0v) is 13.6. The van der Waals surface area contributed by atoms with Crippen LogP contribution in [0.25, 0.3) is 0 Å². The Balaban J connectivity index is -0.0000000300. The van der Waals surface area contributed by atoms with Crippen LogP contribution in [-0.2, 0) is 0 Å². The summed E-state index contributed by atoms with van der Waals surface area (Å²) in [5.41, 5.74) is 0. The smallest absolute Gasteiger partial charge is 0.356 e. The average molecular weight is 280 g/mol. The van der Waals surface area contributed by atoms with Gasteiger partial charge in [-0.25, -0.2) is 0 Å². The molecule has 0 saturated heterocycles. The minimum Gasteiger partial charge on any atom is -0.356 e. The van der Waals surface area contributed by atoms with Crippen LogP contribution in [-0.4, -0.2) is 10.2 Å². The van der Waals surface area contributed by atoms with Gasteiger partial charge in [0.1, 0.15) is 0 Å². The summed E-state index contributed by atoms with van der Waals surface area (Å²) < 4.78 is 0. The van der Waals surface area contributed by atoms with Gasteiger partial charge < -0.3 is 30.6 Å². The van der Waals surface area contributed by atoms with Crippen LogP contribution < -0.4 is 98.5 Å². The zero-order chi connectivity index (χ0) is 7.15. The molecule has 0 aliphatic rings. The van der Waals surface area contributed by atoms with Gasteiger partial charge in [-0.05, 0) is 0 Å². The molecule has 0 aromatic rings. The van der Waals surface area contributed by atoms with E-state index in [9.17, 15) is 0 Å². The van der Waals surface area contributed by atoms with Crippen molar-refractivity contribution >= 4 is 0 Å². The van der Waals surface area contributed by atoms with Crippen LogP contribution in [0, 0.1) is 30.6 Å². The quantitative estimate of drug-likeness (QED) is 0.246. The third kappa shape index (κ3) is 320. The molecule has 10 heteroatoms. The van der Waals surface area contributed by atoms with E-state index >= 15 is 0 Å². The minimum atomic E-state index is -1.75. The minimum absolute atomic E-state index is 0. The van der Waals surface area contributed by atoms with Crippen molar-refractivity contribution < 1.29 is 109 Å². The molecule has 10 heavy (non-hydrogen) atoms. The van der Waals surface area contributed by atoms with Crippen molar-refractivity contribution in [3.8, 4) is 0 Å². The molecule has 0 aliphatic carbocycles. The van der Waals surface area contributed by atoms with E-state index in [1.165, 1.54) is 0 Å². The number of nitrogens with zero attached hydrogens (tertiary/aromatic N) is 2. The van der Waals surface area contributed by atoms with E-state index in [-0.39, 0.29) is 98.5 Å². The van der Waals surface area contributed by atoms with E-state index in [0.29, 0.717) is 0 Å². The van der Waals surface area contributed by atoms with Crippen molar-refractivity contribution in [3.63, 3.8) is 0 Å². The maximum atomic E-state index is 8.25. The van der Waals surface area contributed by atoms with E-state index in [1.54, 1.807) is 0 Å². The predicted octanol–water partition coefficient (Wildman–Crippen LogP) is -6.47. The fourth-order valence-electron chi connectivity index (χ4n) is 0. The molecular formula is CsN2NaO6. The van der Waals surface area contributed by atoms with Crippen LogP contribution in [0.5, 0.6) is 0 Å². The van der Waals surface area contributed by atoms with Gasteiger partial charge in [-0.1, -0.05) is 0 Å². The van der Waals surface area contributed by atoms with Gasteiger partial charge in [-0.2, -0.15) is 0 Å². The Kier molecular flexibility index (Phi) is 37.9. The van der Waals surface area contributed by atoms with E-state index in [1.807, 2.05) is 0 Å². The normalized spacial score (nSPS) is 4.80. The molecule has 0 N–H and O–H groups in total. The molecule has 0 rings (SSSR count). The average Bonchev–Trinajstić information content (AvgIpc) is 1.25. The van der Waals surface area contributed by atoms with Gasteiger partial charge in [0.05, 0.1) is 10.2 Å². The first kappa shape index (κ1) is 22.5. The van der Waals surface area contributed by atoms with Crippen LogP contribution in [0.3, 0.4) is 0 Å². The fraction of sp³-hybridized carbons (Fsp3) is 0. The van der Waals surface area contributed by atoms with E-state index in [4.69, 9.17) is 30.6 Å². The van der Waals surface area contributed by atoms with Crippen LogP contribution in [0.4, 0.5) is 0 Å². The third-order valence-electron chi connectivity index (χ3n) is 0. The van der Waals surface area contributed by atoms with Crippen LogP contribution >= 0.6 is 0 Å². The Morgan fingerprint density at radius 2 is 0.800 bits per heavy atom. The summed E-state index contributed by atoms with van der Waals surface area (Å²) in [6.07, 6.45) is 0. The SMILES string of the molecule is O=[N+]([O-])[O-].O=[N+]([O-])[O-].[Cs+].[Na+]. The molecule has 0 atom stereocenters. The fourth-order valence-corrected chi connectivity index (χ4v) is 0. The molecule has 48 valence electrons. The second kappa shape index (κ2) is 16.8. The molecule has 0 aromatic carbocycles. The molecule has 0 heterocycles. The van der Waals surface area contributed by atoms with Gasteiger partial charge in [0, 0.05) is 0 Å². The Hall–Kier alpha value is 1.45. The second-order valence-electron chi connectivity index (χ2n) is 0.447. The molecule has 0 amide bonds. The monoisotopic (exact) mass is 280 g/mol. The van der Waals surface area contributed by atoms with Crippen molar-refractivity contribution in [1.29, 1.82) is 0 Å². The summed E-state index contributed by atoms with van der Waals surface area (Å²) in [4.78, 5) is 16.5. The van der Waals surface area contributed by atoms with E-state index in [2.05, 4.69) is 0 Å². The van der Waals surface area contributed by atoms with Gasteiger partial charge >= 0.3 is 98.5 Å². The predicted molar refractivity (Wildman–Crippen MR) is 20.7 cm³/mol. The summed E-state index contributed by atoms with van der Waals surface area (Å²) in [5, 5.41) is 29.5. The van der Waals surface area contributed by atoms with Crippen LogP contribution in [0.2, 0.25) is 0 Å². The first-order valence-electron chi connectivity index (χ1n) is 1.10. The zero-order valence-electron chi connectivity index (χ0n) is 5.34. The Labute approximate surface area is 136 Å². The molecule has 0 aromatic heterocycles. The van der Waals surface area contributed by atoms with Crippen molar-refractivity contribution in [1.82, 2.24) is 0 Å². The first-order valence-corrected chi connectivity index (χ1v) is 1.10. The molecule has 0 bridgehead atoms. The van der Waals surface area contributed by atoms with Crippen molar-refractivity contribution in [2.75, 3.05) is 0 Å². The molecule has 0 spiro atoms. The molecule has 0 fully saturated rings. The maximum Gasteiger partial charge on any atom is 1.00 e. The maximum absolute atomic E-state index is 8.25. The van der Waals surface area contributed by atoms with Crippen molar-refractivity contribution in [2.45, 2.75) is 0 Å². The van der Waals surface area contributed by atoms with Gasteiger partial charge in [-0.15, -0.1) is 0 Å². The largest absolute Gasteiger partial charge is 1.00 e. The number of rotatable bonds is 0. The first-order chi connectivity index (χ1) is 3.46. The van der Waals surface area contributed by atoms with Crippen LogP contribution in [0.15, 0.2) is 0 Å². The van der Waals surface area contributed by atoms with Gasteiger partial charge in [0.25, 0.3) is 0 Å². The molecule has 0 radical (unpaired) electrons.